The maximum Gasteiger partial charge on any atom is 0.330 e. The number of hydrogen-bond acceptors (Lipinski definition) is 7. The fourth-order valence-corrected chi connectivity index (χ4v) is 3.87. The minimum Gasteiger partial charge on any atom is -0.497 e. The number of ether oxygens (including phenoxy) is 1. The molecular formula is C20H25N5O3S. The van der Waals surface area contributed by atoms with Crippen LogP contribution in [0.15, 0.2) is 39.2 Å². The Morgan fingerprint density at radius 2 is 2.00 bits per heavy atom. The van der Waals surface area contributed by atoms with Crippen LogP contribution in [0.1, 0.15) is 25.5 Å². The van der Waals surface area contributed by atoms with Gasteiger partial charge in [0, 0.05) is 24.5 Å². The topological polar surface area (TPSA) is 106 Å². The molecule has 0 radical (unpaired) electrons. The number of nitrogen functional groups attached to an aromatic ring is 1. The van der Waals surface area contributed by atoms with Gasteiger partial charge in [0.1, 0.15) is 22.3 Å². The molecule has 0 saturated heterocycles. The van der Waals surface area contributed by atoms with E-state index in [1.54, 1.807) is 19.1 Å². The standard InChI is InChI=1S/C20H25N5O3S/c1-4-5-10-25-17(21)16(18(26)23-20(25)27)24(2)11-14-12-29-19(22-14)13-6-8-15(28-3)9-7-13/h6-9,12H,4-5,10-11,21H2,1-3H3,(H,23,26,27). The lowest BCUT2D eigenvalue weighted by Crippen LogP contribution is -2.37. The molecule has 0 amide bonds. The lowest BCUT2D eigenvalue weighted by Gasteiger charge is -2.21. The lowest BCUT2D eigenvalue weighted by molar-refractivity contribution is 0.415. The zero-order chi connectivity index (χ0) is 21.0. The van der Waals surface area contributed by atoms with Crippen LogP contribution in [-0.4, -0.2) is 28.7 Å². The predicted molar refractivity (Wildman–Crippen MR) is 117 cm³/mol. The van der Waals surface area contributed by atoms with E-state index in [-0.39, 0.29) is 11.5 Å². The van der Waals surface area contributed by atoms with Gasteiger partial charge in [-0.2, -0.15) is 0 Å². The molecule has 0 unspecified atom stereocenters. The number of unbranched alkanes of at least 4 members (excludes halogenated alkanes) is 1. The van der Waals surface area contributed by atoms with Crippen LogP contribution >= 0.6 is 11.3 Å². The molecule has 0 fully saturated rings. The van der Waals surface area contributed by atoms with E-state index < -0.39 is 11.2 Å². The Morgan fingerprint density at radius 1 is 1.28 bits per heavy atom. The number of aromatic amines is 1. The number of thiazole rings is 1. The second-order valence-electron chi connectivity index (χ2n) is 6.73. The van der Waals surface area contributed by atoms with E-state index in [1.165, 1.54) is 15.9 Å². The molecule has 0 aliphatic heterocycles. The van der Waals surface area contributed by atoms with Crippen molar-refractivity contribution in [1.29, 1.82) is 0 Å². The molecule has 29 heavy (non-hydrogen) atoms. The Balaban J connectivity index is 1.83. The average molecular weight is 416 g/mol. The normalized spacial score (nSPS) is 10.9. The Labute approximate surface area is 172 Å². The highest BCUT2D eigenvalue weighted by atomic mass is 32.1. The van der Waals surface area contributed by atoms with Gasteiger partial charge < -0.3 is 15.4 Å². The molecule has 1 aromatic carbocycles. The molecule has 3 rings (SSSR count). The third-order valence-corrected chi connectivity index (χ3v) is 5.56. The van der Waals surface area contributed by atoms with Gasteiger partial charge in [0.15, 0.2) is 0 Å². The van der Waals surface area contributed by atoms with E-state index in [1.807, 2.05) is 36.6 Å². The van der Waals surface area contributed by atoms with Crippen molar-refractivity contribution < 1.29 is 4.74 Å². The van der Waals surface area contributed by atoms with Gasteiger partial charge in [0.05, 0.1) is 19.3 Å². The van der Waals surface area contributed by atoms with E-state index in [0.29, 0.717) is 13.1 Å². The van der Waals surface area contributed by atoms with E-state index in [9.17, 15) is 9.59 Å². The first kappa shape index (κ1) is 20.7. The van der Waals surface area contributed by atoms with Crippen molar-refractivity contribution >= 4 is 22.8 Å². The highest BCUT2D eigenvalue weighted by Crippen LogP contribution is 2.27. The Hall–Kier alpha value is -3.07. The smallest absolute Gasteiger partial charge is 0.330 e. The molecule has 3 aromatic rings. The van der Waals surface area contributed by atoms with Crippen molar-refractivity contribution in [3.8, 4) is 16.3 Å². The van der Waals surface area contributed by atoms with E-state index in [2.05, 4.69) is 9.97 Å². The molecule has 0 aliphatic rings. The predicted octanol–water partition coefficient (Wildman–Crippen LogP) is 2.69. The highest BCUT2D eigenvalue weighted by Gasteiger charge is 2.17. The van der Waals surface area contributed by atoms with Crippen LogP contribution in [0.5, 0.6) is 5.75 Å². The first-order valence-corrected chi connectivity index (χ1v) is 10.2. The highest BCUT2D eigenvalue weighted by molar-refractivity contribution is 7.13. The number of anilines is 2. The molecule has 0 aliphatic carbocycles. The molecule has 2 heterocycles. The van der Waals surface area contributed by atoms with Crippen LogP contribution in [-0.2, 0) is 13.1 Å². The van der Waals surface area contributed by atoms with Crippen LogP contribution in [0.3, 0.4) is 0 Å². The number of nitrogens with two attached hydrogens (primary N) is 1. The summed E-state index contributed by atoms with van der Waals surface area (Å²) in [6.45, 7) is 2.89. The van der Waals surface area contributed by atoms with Gasteiger partial charge >= 0.3 is 5.69 Å². The zero-order valence-electron chi connectivity index (χ0n) is 16.8. The lowest BCUT2D eigenvalue weighted by atomic mass is 10.2. The number of rotatable bonds is 8. The first-order valence-electron chi connectivity index (χ1n) is 9.37. The van der Waals surface area contributed by atoms with E-state index in [0.717, 1.165) is 34.9 Å². The van der Waals surface area contributed by atoms with Crippen LogP contribution < -0.4 is 26.6 Å². The Morgan fingerprint density at radius 3 is 2.66 bits per heavy atom. The van der Waals surface area contributed by atoms with Gasteiger partial charge in [0.2, 0.25) is 0 Å². The van der Waals surface area contributed by atoms with Crippen molar-refractivity contribution in [1.82, 2.24) is 14.5 Å². The fourth-order valence-electron chi connectivity index (χ4n) is 3.05. The number of hydrogen-bond donors (Lipinski definition) is 2. The van der Waals surface area contributed by atoms with Crippen molar-refractivity contribution in [3.05, 3.63) is 56.2 Å². The summed E-state index contributed by atoms with van der Waals surface area (Å²) in [4.78, 5) is 33.2. The van der Waals surface area contributed by atoms with Crippen LogP contribution in [0.2, 0.25) is 0 Å². The SMILES string of the molecule is CCCCn1c(N)c(N(C)Cc2csc(-c3ccc(OC)cc3)n2)c(=O)[nH]c1=O. The summed E-state index contributed by atoms with van der Waals surface area (Å²) >= 11 is 1.53. The number of nitrogens with one attached hydrogen (secondary N) is 1. The summed E-state index contributed by atoms with van der Waals surface area (Å²) in [5.74, 6) is 0.971. The molecule has 0 spiro atoms. The van der Waals surface area contributed by atoms with Gasteiger partial charge in [-0.15, -0.1) is 11.3 Å². The number of benzene rings is 1. The summed E-state index contributed by atoms with van der Waals surface area (Å²) in [5, 5.41) is 2.83. The van der Waals surface area contributed by atoms with Crippen molar-refractivity contribution in [3.63, 3.8) is 0 Å². The fraction of sp³-hybridized carbons (Fsp3) is 0.350. The number of H-pyrrole nitrogens is 1. The quantitative estimate of drug-likeness (QED) is 0.586. The van der Waals surface area contributed by atoms with Gasteiger partial charge in [-0.05, 0) is 30.7 Å². The van der Waals surface area contributed by atoms with Crippen LogP contribution in [0.25, 0.3) is 10.6 Å². The number of aromatic nitrogens is 3. The molecular weight excluding hydrogens is 390 g/mol. The number of nitrogens with zero attached hydrogens (tertiary/aromatic N) is 3. The van der Waals surface area contributed by atoms with Crippen LogP contribution in [0.4, 0.5) is 11.5 Å². The summed E-state index contributed by atoms with van der Waals surface area (Å²) in [5.41, 5.74) is 7.29. The summed E-state index contributed by atoms with van der Waals surface area (Å²) in [7, 11) is 3.40. The molecule has 0 atom stereocenters. The first-order chi connectivity index (χ1) is 13.9. The monoisotopic (exact) mass is 415 g/mol. The second kappa shape index (κ2) is 8.95. The van der Waals surface area contributed by atoms with Gasteiger partial charge in [-0.1, -0.05) is 13.3 Å². The second-order valence-corrected chi connectivity index (χ2v) is 7.58. The third-order valence-electron chi connectivity index (χ3n) is 4.62. The minimum absolute atomic E-state index is 0.181. The minimum atomic E-state index is -0.492. The number of methoxy groups -OCH3 is 1. The van der Waals surface area contributed by atoms with Gasteiger partial charge in [-0.3, -0.25) is 14.3 Å². The summed E-state index contributed by atoms with van der Waals surface area (Å²) in [6, 6.07) is 7.69. The molecule has 3 N–H and O–H groups in total. The molecule has 8 nitrogen and oxygen atoms in total. The molecule has 9 heteroatoms. The molecule has 154 valence electrons. The van der Waals surface area contributed by atoms with E-state index >= 15 is 0 Å². The van der Waals surface area contributed by atoms with Crippen molar-refractivity contribution in [2.24, 2.45) is 0 Å². The maximum absolute atomic E-state index is 12.4. The van der Waals surface area contributed by atoms with Gasteiger partial charge in [0.25, 0.3) is 5.56 Å². The molecule has 0 saturated carbocycles. The van der Waals surface area contributed by atoms with E-state index in [4.69, 9.17) is 10.5 Å². The summed E-state index contributed by atoms with van der Waals surface area (Å²) < 4.78 is 6.60. The van der Waals surface area contributed by atoms with Crippen molar-refractivity contribution in [2.75, 3.05) is 24.8 Å². The zero-order valence-corrected chi connectivity index (χ0v) is 17.6. The third kappa shape index (κ3) is 4.51. The average Bonchev–Trinajstić information content (AvgIpc) is 3.16. The largest absolute Gasteiger partial charge is 0.497 e. The summed E-state index contributed by atoms with van der Waals surface area (Å²) in [6.07, 6.45) is 1.72. The molecule has 0 bridgehead atoms. The molecule has 2 aromatic heterocycles. The Kier molecular flexibility index (Phi) is 6.38. The van der Waals surface area contributed by atoms with Gasteiger partial charge in [-0.25, -0.2) is 9.78 Å². The van der Waals surface area contributed by atoms with Crippen LogP contribution in [0, 0.1) is 0 Å². The maximum atomic E-state index is 12.4. The van der Waals surface area contributed by atoms with Crippen molar-refractivity contribution in [2.45, 2.75) is 32.9 Å². The Bertz CT molecular complexity index is 1080.